The minimum atomic E-state index is -1.24. The summed E-state index contributed by atoms with van der Waals surface area (Å²) in [5.74, 6) is 1.15. The number of benzene rings is 1. The van der Waals surface area contributed by atoms with Gasteiger partial charge in [0.2, 0.25) is 22.9 Å². The van der Waals surface area contributed by atoms with E-state index in [1.807, 2.05) is 51.7 Å². The minimum absolute atomic E-state index is 0.00946. The highest BCUT2D eigenvalue weighted by molar-refractivity contribution is 7.81. The highest BCUT2D eigenvalue weighted by Gasteiger charge is 2.80. The Morgan fingerprint density at radius 2 is 1.84 bits per heavy atom. The average molecular weight is 501 g/mol. The molecule has 0 aliphatic carbocycles. The summed E-state index contributed by atoms with van der Waals surface area (Å²) in [5.41, 5.74) is 0.964. The number of likely N-dealkylation sites (tertiary alicyclic amines) is 1. The van der Waals surface area contributed by atoms with Crippen molar-refractivity contribution >= 4 is 40.1 Å². The minimum Gasteiger partial charge on any atom is -0.435 e. The number of hydrogen-bond acceptors (Lipinski definition) is 3. The summed E-state index contributed by atoms with van der Waals surface area (Å²) in [6.07, 6.45) is 3.33. The van der Waals surface area contributed by atoms with E-state index in [0.29, 0.717) is 27.0 Å². The third-order valence-corrected chi connectivity index (χ3v) is 9.99. The maximum Gasteiger partial charge on any atom is 0.304 e. The lowest BCUT2D eigenvalue weighted by atomic mass is 9.84. The van der Waals surface area contributed by atoms with E-state index in [9.17, 15) is 9.00 Å². The first-order valence-corrected chi connectivity index (χ1v) is 13.2. The smallest absolute Gasteiger partial charge is 0.304 e. The van der Waals surface area contributed by atoms with E-state index < -0.39 is 15.7 Å². The maximum atomic E-state index is 14.1. The Balaban J connectivity index is 1.78. The molecule has 176 valence electrons. The van der Waals surface area contributed by atoms with Crippen LogP contribution in [-0.4, -0.2) is 49.0 Å². The van der Waals surface area contributed by atoms with Crippen LogP contribution in [0.15, 0.2) is 24.8 Å². The summed E-state index contributed by atoms with van der Waals surface area (Å²) in [6.45, 7) is 15.4. The van der Waals surface area contributed by atoms with Crippen molar-refractivity contribution in [2.75, 3.05) is 13.1 Å². The molecular weight excluding hydrogens is 467 g/mol. The van der Waals surface area contributed by atoms with Gasteiger partial charge >= 0.3 is 6.23 Å². The monoisotopic (exact) mass is 499 g/mol. The fraction of sp³-hybridized carbons (Fsp3) is 0.625. The highest BCUT2D eigenvalue weighted by Crippen LogP contribution is 2.63. The number of hydrogen-bond donors (Lipinski definition) is 0. The molecule has 3 aliphatic heterocycles. The van der Waals surface area contributed by atoms with Crippen LogP contribution in [0, 0.1) is 11.8 Å². The first kappa shape index (κ1) is 24.1. The normalized spacial score (nSPS) is 30.9. The lowest BCUT2D eigenvalue weighted by Gasteiger charge is -2.43. The molecule has 0 saturated carbocycles. The van der Waals surface area contributed by atoms with Crippen molar-refractivity contribution < 1.29 is 17.6 Å². The predicted octanol–water partition coefficient (Wildman–Crippen LogP) is 5.49. The number of halogens is 2. The quantitative estimate of drug-likeness (QED) is 0.312. The average Bonchev–Trinajstić information content (AvgIpc) is 3.38. The van der Waals surface area contributed by atoms with Crippen LogP contribution in [0.25, 0.3) is 0 Å². The van der Waals surface area contributed by atoms with Crippen molar-refractivity contribution in [2.45, 2.75) is 70.5 Å². The first-order chi connectivity index (χ1) is 14.9. The van der Waals surface area contributed by atoms with Crippen LogP contribution < -0.4 is 4.74 Å². The van der Waals surface area contributed by atoms with Gasteiger partial charge in [-0.3, -0.25) is 4.79 Å². The Kier molecular flexibility index (Phi) is 6.24. The predicted molar refractivity (Wildman–Crippen MR) is 130 cm³/mol. The number of fused-ring (bicyclic) bond motifs is 2. The van der Waals surface area contributed by atoms with E-state index in [-0.39, 0.29) is 36.1 Å². The fourth-order valence-corrected chi connectivity index (χ4v) is 7.98. The summed E-state index contributed by atoms with van der Waals surface area (Å²) in [7, 11) is -1.24. The summed E-state index contributed by atoms with van der Waals surface area (Å²) < 4.78 is 20.3. The fourth-order valence-electron chi connectivity index (χ4n) is 5.50. The van der Waals surface area contributed by atoms with E-state index >= 15 is 0 Å². The zero-order chi connectivity index (χ0) is 23.6. The van der Waals surface area contributed by atoms with Crippen LogP contribution in [0.1, 0.15) is 59.1 Å². The second-order valence-electron chi connectivity index (χ2n) is 10.4. The van der Waals surface area contributed by atoms with Gasteiger partial charge < -0.3 is 9.64 Å². The zero-order valence-electron chi connectivity index (χ0n) is 19.4. The van der Waals surface area contributed by atoms with E-state index in [1.54, 1.807) is 6.07 Å². The molecule has 1 aromatic rings. The lowest BCUT2D eigenvalue weighted by Crippen LogP contribution is -2.52. The molecule has 5 unspecified atom stereocenters. The number of ether oxygens (including phenoxy) is 1. The number of rotatable bonds is 4. The van der Waals surface area contributed by atoms with E-state index in [2.05, 4.69) is 6.58 Å². The Hall–Kier alpha value is -1.08. The van der Waals surface area contributed by atoms with Gasteiger partial charge in [-0.15, -0.1) is 0 Å². The van der Waals surface area contributed by atoms with Gasteiger partial charge in [0.25, 0.3) is 0 Å². The van der Waals surface area contributed by atoms with Crippen LogP contribution in [0.3, 0.4) is 0 Å². The summed E-state index contributed by atoms with van der Waals surface area (Å²) in [6, 6.07) is 3.55. The second kappa shape index (κ2) is 8.30. The van der Waals surface area contributed by atoms with Crippen molar-refractivity contribution in [1.29, 1.82) is 0 Å². The molecule has 0 aromatic heterocycles. The summed E-state index contributed by atoms with van der Waals surface area (Å²) in [4.78, 5) is 14.5. The molecule has 8 heteroatoms. The molecule has 0 N–H and O–H groups in total. The van der Waals surface area contributed by atoms with Gasteiger partial charge in [0, 0.05) is 31.0 Å². The number of piperidine rings is 1. The number of quaternary nitrogens is 1. The van der Waals surface area contributed by atoms with E-state index in [4.69, 9.17) is 27.9 Å². The van der Waals surface area contributed by atoms with Gasteiger partial charge in [-0.1, -0.05) is 43.6 Å². The van der Waals surface area contributed by atoms with Crippen molar-refractivity contribution in [3.8, 4) is 5.75 Å². The molecule has 32 heavy (non-hydrogen) atoms. The molecule has 1 aromatic carbocycles. The molecule has 2 saturated heterocycles. The van der Waals surface area contributed by atoms with Crippen LogP contribution in [-0.2, 0) is 15.8 Å². The zero-order valence-corrected chi connectivity index (χ0v) is 21.8. The molecule has 0 radical (unpaired) electrons. The van der Waals surface area contributed by atoms with E-state index in [1.165, 1.54) is 0 Å². The molecule has 1 amide bonds. The molecule has 0 bridgehead atoms. The van der Waals surface area contributed by atoms with Gasteiger partial charge in [0.05, 0.1) is 20.4 Å². The molecule has 5 nitrogen and oxygen atoms in total. The third kappa shape index (κ3) is 3.62. The summed E-state index contributed by atoms with van der Waals surface area (Å²) >= 11 is 12.8. The van der Waals surface area contributed by atoms with Crippen LogP contribution in [0.2, 0.25) is 10.0 Å². The van der Waals surface area contributed by atoms with Crippen molar-refractivity contribution in [3.05, 3.63) is 40.4 Å². The topological polar surface area (TPSA) is 46.6 Å². The highest BCUT2D eigenvalue weighted by atomic mass is 35.5. The standard InChI is InChI=1S/C24H33Cl2N2O3S/c1-7-19-23-28(19,32(30)24(4,5)6)21(16-12-17(25)18(26)13-20(16)31-23)15-8-10-27(11-9-15)22(29)14(2)3/h7,12-15,19,21,23H,1,8-11H2,2-6H3/q+1. The van der Waals surface area contributed by atoms with Gasteiger partial charge in [-0.2, -0.15) is 8.10 Å². The van der Waals surface area contributed by atoms with Crippen LogP contribution in [0.5, 0.6) is 5.75 Å². The number of amides is 1. The molecule has 3 heterocycles. The van der Waals surface area contributed by atoms with Crippen molar-refractivity contribution in [2.24, 2.45) is 11.8 Å². The second-order valence-corrected chi connectivity index (χ2v) is 13.6. The van der Waals surface area contributed by atoms with Gasteiger partial charge in [-0.25, -0.2) is 0 Å². The number of carbonyl (C=O) groups is 1. The van der Waals surface area contributed by atoms with Gasteiger partial charge in [0.1, 0.15) is 11.8 Å². The van der Waals surface area contributed by atoms with Crippen LogP contribution >= 0.6 is 23.2 Å². The Labute approximate surface area is 203 Å². The molecule has 3 aliphatic rings. The van der Waals surface area contributed by atoms with Crippen molar-refractivity contribution in [1.82, 2.24) is 4.90 Å². The first-order valence-electron chi connectivity index (χ1n) is 11.3. The lowest BCUT2D eigenvalue weighted by molar-refractivity contribution is -0.748. The number of carbonyl (C=O) groups excluding carboxylic acids is 1. The van der Waals surface area contributed by atoms with E-state index in [0.717, 1.165) is 24.2 Å². The molecule has 5 atom stereocenters. The van der Waals surface area contributed by atoms with Gasteiger partial charge in [0.15, 0.2) is 0 Å². The SMILES string of the molecule is C=CC1C2Oc3cc(Cl)c(Cl)cc3C(C3CCN(C(=O)C(C)C)CC3)[N+]12S(=O)C(C)(C)C. The van der Waals surface area contributed by atoms with Crippen LogP contribution in [0.4, 0.5) is 0 Å². The third-order valence-electron chi connectivity index (χ3n) is 6.96. The number of nitrogens with zero attached hydrogens (tertiary/aromatic N) is 2. The Morgan fingerprint density at radius 3 is 2.38 bits per heavy atom. The molecular formula is C24H33Cl2N2O3S+. The molecule has 0 spiro atoms. The molecule has 4 rings (SSSR count). The molecule has 2 fully saturated rings. The van der Waals surface area contributed by atoms with Gasteiger partial charge in [-0.05, 0) is 45.8 Å². The van der Waals surface area contributed by atoms with Crippen molar-refractivity contribution in [3.63, 3.8) is 0 Å². The largest absolute Gasteiger partial charge is 0.435 e. The Morgan fingerprint density at radius 1 is 1.25 bits per heavy atom. The Bertz CT molecular complexity index is 969. The summed E-state index contributed by atoms with van der Waals surface area (Å²) in [5, 5.41) is 0.927. The maximum absolute atomic E-state index is 14.1.